The van der Waals surface area contributed by atoms with Crippen LogP contribution in [0.4, 0.5) is 0 Å². The summed E-state index contributed by atoms with van der Waals surface area (Å²) in [7, 11) is 3.54. The summed E-state index contributed by atoms with van der Waals surface area (Å²) < 4.78 is 5.52. The van der Waals surface area contributed by atoms with Crippen molar-refractivity contribution < 1.29 is 4.74 Å². The number of benzene rings is 1. The standard InChI is InChI=1S/C18H23N3OS/c1-18(14-8-4-5-9-15(14)22-3)11-16(18)21-17(19-2)20-12-13-7-6-10-23-13/h4-10,16H,11-12H2,1-3H3,(H2,19,20,21). The molecular formula is C18H23N3OS. The fourth-order valence-electron chi connectivity index (χ4n) is 2.93. The molecule has 0 radical (unpaired) electrons. The number of nitrogens with zero attached hydrogens (tertiary/aromatic N) is 1. The number of para-hydroxylation sites is 1. The lowest BCUT2D eigenvalue weighted by Crippen LogP contribution is -2.40. The number of guanidine groups is 1. The van der Waals surface area contributed by atoms with Gasteiger partial charge >= 0.3 is 0 Å². The fourth-order valence-corrected chi connectivity index (χ4v) is 3.58. The molecule has 0 spiro atoms. The van der Waals surface area contributed by atoms with Crippen molar-refractivity contribution in [2.45, 2.75) is 31.3 Å². The SMILES string of the molecule is CN=C(NCc1cccs1)NC1CC1(C)c1ccccc1OC. The number of thiophene rings is 1. The van der Waals surface area contributed by atoms with Crippen LogP contribution in [0.1, 0.15) is 23.8 Å². The summed E-state index contributed by atoms with van der Waals surface area (Å²) in [4.78, 5) is 5.64. The molecule has 4 nitrogen and oxygen atoms in total. The zero-order valence-electron chi connectivity index (χ0n) is 13.8. The summed E-state index contributed by atoms with van der Waals surface area (Å²) in [6, 6.07) is 12.8. The molecule has 1 fully saturated rings. The molecule has 0 aliphatic heterocycles. The van der Waals surface area contributed by atoms with E-state index in [0.29, 0.717) is 6.04 Å². The molecule has 1 aliphatic rings. The molecule has 1 aromatic heterocycles. The van der Waals surface area contributed by atoms with Gasteiger partial charge in [-0.05, 0) is 23.9 Å². The normalized spacial score (nSPS) is 23.4. The minimum absolute atomic E-state index is 0.0904. The van der Waals surface area contributed by atoms with Gasteiger partial charge in [-0.1, -0.05) is 31.2 Å². The Hall–Kier alpha value is -2.01. The van der Waals surface area contributed by atoms with Crippen molar-refractivity contribution in [3.8, 4) is 5.75 Å². The fraction of sp³-hybridized carbons (Fsp3) is 0.389. The maximum absolute atomic E-state index is 5.52. The smallest absolute Gasteiger partial charge is 0.191 e. The number of methoxy groups -OCH3 is 1. The second kappa shape index (κ2) is 6.62. The van der Waals surface area contributed by atoms with E-state index in [1.165, 1.54) is 10.4 Å². The molecule has 23 heavy (non-hydrogen) atoms. The van der Waals surface area contributed by atoms with Crippen LogP contribution in [0.2, 0.25) is 0 Å². The van der Waals surface area contributed by atoms with E-state index < -0.39 is 0 Å². The summed E-state index contributed by atoms with van der Waals surface area (Å²) in [5.41, 5.74) is 1.35. The quantitative estimate of drug-likeness (QED) is 0.654. The summed E-state index contributed by atoms with van der Waals surface area (Å²) in [6.07, 6.45) is 1.08. The van der Waals surface area contributed by atoms with Crippen molar-refractivity contribution >= 4 is 17.3 Å². The van der Waals surface area contributed by atoms with Gasteiger partial charge in [-0.3, -0.25) is 4.99 Å². The predicted molar refractivity (Wildman–Crippen MR) is 96.4 cm³/mol. The Morgan fingerprint density at radius 1 is 1.35 bits per heavy atom. The minimum Gasteiger partial charge on any atom is -0.496 e. The van der Waals surface area contributed by atoms with Crippen LogP contribution in [0.25, 0.3) is 0 Å². The van der Waals surface area contributed by atoms with E-state index >= 15 is 0 Å². The highest BCUT2D eigenvalue weighted by Crippen LogP contribution is 2.50. The molecular weight excluding hydrogens is 306 g/mol. The van der Waals surface area contributed by atoms with Crippen LogP contribution < -0.4 is 15.4 Å². The molecule has 2 unspecified atom stereocenters. The molecule has 5 heteroatoms. The third kappa shape index (κ3) is 3.34. The van der Waals surface area contributed by atoms with Crippen LogP contribution in [0.15, 0.2) is 46.8 Å². The first-order valence-electron chi connectivity index (χ1n) is 7.80. The average molecular weight is 329 g/mol. The lowest BCUT2D eigenvalue weighted by atomic mass is 9.96. The Morgan fingerprint density at radius 2 is 2.17 bits per heavy atom. The lowest BCUT2D eigenvalue weighted by Gasteiger charge is -2.18. The van der Waals surface area contributed by atoms with Crippen molar-refractivity contribution in [1.29, 1.82) is 0 Å². The molecule has 3 rings (SSSR count). The van der Waals surface area contributed by atoms with E-state index in [-0.39, 0.29) is 5.41 Å². The van der Waals surface area contributed by atoms with Gasteiger partial charge in [0.2, 0.25) is 0 Å². The van der Waals surface area contributed by atoms with Gasteiger partial charge in [-0.2, -0.15) is 0 Å². The average Bonchev–Trinajstić information content (AvgIpc) is 3.00. The van der Waals surface area contributed by atoms with Crippen LogP contribution in [0.3, 0.4) is 0 Å². The zero-order valence-corrected chi connectivity index (χ0v) is 14.6. The molecule has 122 valence electrons. The highest BCUT2D eigenvalue weighted by atomic mass is 32.1. The van der Waals surface area contributed by atoms with Crippen LogP contribution in [-0.2, 0) is 12.0 Å². The molecule has 1 saturated carbocycles. The number of hydrogen-bond donors (Lipinski definition) is 2. The van der Waals surface area contributed by atoms with Gasteiger partial charge in [0.1, 0.15) is 5.75 Å². The van der Waals surface area contributed by atoms with E-state index in [0.717, 1.165) is 24.7 Å². The molecule has 2 atom stereocenters. The summed E-state index contributed by atoms with van der Waals surface area (Å²) in [6.45, 7) is 3.07. The number of aliphatic imine (C=N–C) groups is 1. The second-order valence-corrected chi connectivity index (χ2v) is 7.06. The molecule has 0 bridgehead atoms. The van der Waals surface area contributed by atoms with Gasteiger partial charge in [0.05, 0.1) is 13.7 Å². The Bertz CT molecular complexity index is 683. The number of nitrogens with one attached hydrogen (secondary N) is 2. The monoisotopic (exact) mass is 329 g/mol. The first-order valence-corrected chi connectivity index (χ1v) is 8.68. The van der Waals surface area contributed by atoms with E-state index in [1.54, 1.807) is 18.4 Å². The summed E-state index contributed by atoms with van der Waals surface area (Å²) in [5, 5.41) is 9.00. The zero-order chi connectivity index (χ0) is 16.3. The van der Waals surface area contributed by atoms with Crippen molar-refractivity contribution in [2.24, 2.45) is 4.99 Å². The van der Waals surface area contributed by atoms with Gasteiger partial charge < -0.3 is 15.4 Å². The predicted octanol–water partition coefficient (Wildman–Crippen LogP) is 3.15. The van der Waals surface area contributed by atoms with Crippen molar-refractivity contribution in [3.63, 3.8) is 0 Å². The van der Waals surface area contributed by atoms with Gasteiger partial charge in [0.25, 0.3) is 0 Å². The second-order valence-electron chi connectivity index (χ2n) is 6.02. The molecule has 2 N–H and O–H groups in total. The lowest BCUT2D eigenvalue weighted by molar-refractivity contribution is 0.404. The van der Waals surface area contributed by atoms with E-state index in [2.05, 4.69) is 52.2 Å². The molecule has 1 heterocycles. The van der Waals surface area contributed by atoms with Gasteiger partial charge in [-0.25, -0.2) is 0 Å². The maximum Gasteiger partial charge on any atom is 0.191 e. The highest BCUT2D eigenvalue weighted by Gasteiger charge is 2.53. The van der Waals surface area contributed by atoms with Crippen LogP contribution in [-0.4, -0.2) is 26.2 Å². The Morgan fingerprint density at radius 3 is 2.87 bits per heavy atom. The minimum atomic E-state index is 0.0904. The summed E-state index contributed by atoms with van der Waals surface area (Å²) in [5.74, 6) is 1.81. The molecule has 0 saturated heterocycles. The third-order valence-electron chi connectivity index (χ3n) is 4.50. The van der Waals surface area contributed by atoms with E-state index in [9.17, 15) is 0 Å². The molecule has 1 aliphatic carbocycles. The topological polar surface area (TPSA) is 45.7 Å². The molecule has 1 aromatic carbocycles. The number of rotatable bonds is 5. The van der Waals surface area contributed by atoms with Gasteiger partial charge in [0.15, 0.2) is 5.96 Å². The largest absolute Gasteiger partial charge is 0.496 e. The van der Waals surface area contributed by atoms with Crippen molar-refractivity contribution in [3.05, 3.63) is 52.2 Å². The van der Waals surface area contributed by atoms with E-state index in [4.69, 9.17) is 4.74 Å². The number of ether oxygens (including phenoxy) is 1. The van der Waals surface area contributed by atoms with Crippen LogP contribution in [0, 0.1) is 0 Å². The Kier molecular flexibility index (Phi) is 4.57. The van der Waals surface area contributed by atoms with E-state index in [1.807, 2.05) is 19.2 Å². The van der Waals surface area contributed by atoms with Crippen LogP contribution in [0.5, 0.6) is 5.75 Å². The van der Waals surface area contributed by atoms with Crippen LogP contribution >= 0.6 is 11.3 Å². The molecule has 0 amide bonds. The number of hydrogen-bond acceptors (Lipinski definition) is 3. The molecule has 2 aromatic rings. The maximum atomic E-state index is 5.52. The Labute approximate surface area is 141 Å². The highest BCUT2D eigenvalue weighted by molar-refractivity contribution is 7.09. The Balaban J connectivity index is 1.62. The first kappa shape index (κ1) is 15.9. The van der Waals surface area contributed by atoms with Gasteiger partial charge in [0, 0.05) is 28.9 Å². The van der Waals surface area contributed by atoms with Crippen molar-refractivity contribution in [1.82, 2.24) is 10.6 Å². The van der Waals surface area contributed by atoms with Gasteiger partial charge in [-0.15, -0.1) is 11.3 Å². The first-order chi connectivity index (χ1) is 11.2. The van der Waals surface area contributed by atoms with Crippen molar-refractivity contribution in [2.75, 3.05) is 14.2 Å². The third-order valence-corrected chi connectivity index (χ3v) is 5.38. The summed E-state index contributed by atoms with van der Waals surface area (Å²) >= 11 is 1.75.